The molecule has 2 atom stereocenters. The van der Waals surface area contributed by atoms with Gasteiger partial charge < -0.3 is 15.4 Å². The second kappa shape index (κ2) is 5.17. The minimum atomic E-state index is -0.509. The molecule has 104 valence electrons. The summed E-state index contributed by atoms with van der Waals surface area (Å²) < 4.78 is 5.37. The van der Waals surface area contributed by atoms with Crippen molar-refractivity contribution in [2.24, 2.45) is 23.0 Å². The van der Waals surface area contributed by atoms with E-state index < -0.39 is 5.41 Å². The van der Waals surface area contributed by atoms with Crippen LogP contribution >= 0.6 is 0 Å². The fourth-order valence-corrected chi connectivity index (χ4v) is 3.04. The van der Waals surface area contributed by atoms with Gasteiger partial charge in [-0.05, 0) is 31.6 Å². The van der Waals surface area contributed by atoms with Crippen LogP contribution in [0.3, 0.4) is 0 Å². The molecule has 4 nitrogen and oxygen atoms in total. The third kappa shape index (κ3) is 2.41. The van der Waals surface area contributed by atoms with E-state index in [1.807, 2.05) is 11.8 Å². The first-order chi connectivity index (χ1) is 8.45. The van der Waals surface area contributed by atoms with Crippen LogP contribution in [0.2, 0.25) is 0 Å². The van der Waals surface area contributed by atoms with Crippen LogP contribution in [0.5, 0.6) is 0 Å². The van der Waals surface area contributed by atoms with E-state index >= 15 is 0 Å². The molecule has 0 spiro atoms. The molecule has 0 aromatic heterocycles. The van der Waals surface area contributed by atoms with E-state index in [4.69, 9.17) is 10.5 Å². The Morgan fingerprint density at radius 3 is 2.44 bits per heavy atom. The number of rotatable bonds is 2. The highest BCUT2D eigenvalue weighted by molar-refractivity contribution is 5.83. The average molecular weight is 254 g/mol. The highest BCUT2D eigenvalue weighted by Crippen LogP contribution is 2.32. The fraction of sp³-hybridized carbons (Fsp3) is 0.929. The van der Waals surface area contributed by atoms with Crippen molar-refractivity contribution >= 4 is 5.91 Å². The number of carbonyl (C=O) groups excluding carboxylic acids is 1. The van der Waals surface area contributed by atoms with Crippen LogP contribution in [0, 0.1) is 17.3 Å². The van der Waals surface area contributed by atoms with Crippen molar-refractivity contribution in [2.75, 3.05) is 26.3 Å². The molecule has 0 aromatic rings. The number of ether oxygens (including phenoxy) is 1. The number of hydrogen-bond acceptors (Lipinski definition) is 3. The zero-order valence-electron chi connectivity index (χ0n) is 11.8. The minimum absolute atomic E-state index is 0.159. The summed E-state index contributed by atoms with van der Waals surface area (Å²) >= 11 is 0. The highest BCUT2D eigenvalue weighted by Gasteiger charge is 2.46. The average Bonchev–Trinajstić information content (AvgIpc) is 2.70. The van der Waals surface area contributed by atoms with Gasteiger partial charge in [0.1, 0.15) is 0 Å². The first-order valence-electron chi connectivity index (χ1n) is 7.08. The van der Waals surface area contributed by atoms with Crippen molar-refractivity contribution in [1.29, 1.82) is 0 Å². The standard InChI is InChI=1S/C14H26N2O2/c1-10(2)11-4-6-16(7-5-11)13(17)14(3)9-18-8-12(14)15/h10-12H,4-9,15H2,1-3H3. The smallest absolute Gasteiger partial charge is 0.232 e. The van der Waals surface area contributed by atoms with Gasteiger partial charge in [0.25, 0.3) is 0 Å². The minimum Gasteiger partial charge on any atom is -0.379 e. The van der Waals surface area contributed by atoms with E-state index in [2.05, 4.69) is 13.8 Å². The quantitative estimate of drug-likeness (QED) is 0.807. The van der Waals surface area contributed by atoms with Gasteiger partial charge in [-0.15, -0.1) is 0 Å². The van der Waals surface area contributed by atoms with Gasteiger partial charge in [0, 0.05) is 19.1 Å². The number of nitrogens with zero attached hydrogens (tertiary/aromatic N) is 1. The van der Waals surface area contributed by atoms with Crippen LogP contribution in [0.4, 0.5) is 0 Å². The fourth-order valence-electron chi connectivity index (χ4n) is 3.04. The first kappa shape index (κ1) is 13.8. The molecule has 0 radical (unpaired) electrons. The number of carbonyl (C=O) groups is 1. The lowest BCUT2D eigenvalue weighted by atomic mass is 9.82. The van der Waals surface area contributed by atoms with Gasteiger partial charge in [0.15, 0.2) is 0 Å². The Bertz CT molecular complexity index is 311. The Hall–Kier alpha value is -0.610. The third-order valence-corrected chi connectivity index (χ3v) is 4.78. The second-order valence-electron chi connectivity index (χ2n) is 6.41. The number of piperidine rings is 1. The largest absolute Gasteiger partial charge is 0.379 e. The molecule has 0 aliphatic carbocycles. The van der Waals surface area contributed by atoms with E-state index in [1.165, 1.54) is 0 Å². The van der Waals surface area contributed by atoms with E-state index in [0.29, 0.717) is 13.2 Å². The number of amides is 1. The molecular weight excluding hydrogens is 228 g/mol. The van der Waals surface area contributed by atoms with Gasteiger partial charge in [-0.2, -0.15) is 0 Å². The molecule has 2 aliphatic rings. The first-order valence-corrected chi connectivity index (χ1v) is 7.08. The van der Waals surface area contributed by atoms with Gasteiger partial charge in [-0.3, -0.25) is 4.79 Å². The monoisotopic (exact) mass is 254 g/mol. The molecule has 0 saturated carbocycles. The van der Waals surface area contributed by atoms with Crippen molar-refractivity contribution in [3.05, 3.63) is 0 Å². The number of likely N-dealkylation sites (tertiary alicyclic amines) is 1. The Labute approximate surface area is 110 Å². The summed E-state index contributed by atoms with van der Waals surface area (Å²) in [7, 11) is 0. The summed E-state index contributed by atoms with van der Waals surface area (Å²) in [4.78, 5) is 14.6. The van der Waals surface area contributed by atoms with E-state index in [1.54, 1.807) is 0 Å². The maximum Gasteiger partial charge on any atom is 0.232 e. The molecule has 2 fully saturated rings. The van der Waals surface area contributed by atoms with Gasteiger partial charge in [-0.25, -0.2) is 0 Å². The SMILES string of the molecule is CC(C)C1CCN(C(=O)C2(C)COCC2N)CC1. The van der Waals surface area contributed by atoms with Gasteiger partial charge in [0.2, 0.25) is 5.91 Å². The zero-order chi connectivity index (χ0) is 13.3. The predicted molar refractivity (Wildman–Crippen MR) is 71.0 cm³/mol. The molecule has 2 saturated heterocycles. The van der Waals surface area contributed by atoms with E-state index in [0.717, 1.165) is 37.8 Å². The zero-order valence-corrected chi connectivity index (χ0v) is 11.8. The summed E-state index contributed by atoms with van der Waals surface area (Å²) in [6.45, 7) is 9.21. The summed E-state index contributed by atoms with van der Waals surface area (Å²) in [5.41, 5.74) is 5.51. The van der Waals surface area contributed by atoms with E-state index in [9.17, 15) is 4.79 Å². The Morgan fingerprint density at radius 2 is 2.00 bits per heavy atom. The molecule has 4 heteroatoms. The van der Waals surface area contributed by atoms with Crippen molar-refractivity contribution in [2.45, 2.75) is 39.7 Å². The van der Waals surface area contributed by atoms with Crippen LogP contribution in [0.1, 0.15) is 33.6 Å². The Kier molecular flexibility index (Phi) is 3.97. The maximum atomic E-state index is 12.6. The van der Waals surface area contributed by atoms with Crippen LogP contribution in [0.15, 0.2) is 0 Å². The summed E-state index contributed by atoms with van der Waals surface area (Å²) in [6.07, 6.45) is 2.24. The van der Waals surface area contributed by atoms with Crippen molar-refractivity contribution in [3.8, 4) is 0 Å². The number of hydrogen-bond donors (Lipinski definition) is 1. The lowest BCUT2D eigenvalue weighted by Gasteiger charge is -2.38. The molecule has 2 aliphatic heterocycles. The topological polar surface area (TPSA) is 55.6 Å². The molecule has 2 heterocycles. The predicted octanol–water partition coefficient (Wildman–Crippen LogP) is 1.24. The molecule has 1 amide bonds. The lowest BCUT2D eigenvalue weighted by molar-refractivity contribution is -0.143. The third-order valence-electron chi connectivity index (χ3n) is 4.78. The van der Waals surface area contributed by atoms with Crippen LogP contribution < -0.4 is 5.73 Å². The van der Waals surface area contributed by atoms with Crippen molar-refractivity contribution in [1.82, 2.24) is 4.90 Å². The van der Waals surface area contributed by atoms with Gasteiger partial charge in [0.05, 0.1) is 18.6 Å². The highest BCUT2D eigenvalue weighted by atomic mass is 16.5. The molecule has 2 unspecified atom stereocenters. The van der Waals surface area contributed by atoms with Crippen LogP contribution in [-0.4, -0.2) is 43.2 Å². The molecule has 2 rings (SSSR count). The van der Waals surface area contributed by atoms with Gasteiger partial charge in [-0.1, -0.05) is 13.8 Å². The molecule has 2 N–H and O–H groups in total. The van der Waals surface area contributed by atoms with E-state index in [-0.39, 0.29) is 11.9 Å². The molecule has 0 bridgehead atoms. The lowest BCUT2D eigenvalue weighted by Crippen LogP contribution is -2.53. The molecule has 0 aromatic carbocycles. The van der Waals surface area contributed by atoms with Crippen LogP contribution in [0.25, 0.3) is 0 Å². The second-order valence-corrected chi connectivity index (χ2v) is 6.41. The normalized spacial score (nSPS) is 34.3. The Morgan fingerprint density at radius 1 is 1.39 bits per heavy atom. The summed E-state index contributed by atoms with van der Waals surface area (Å²) in [6, 6.07) is -0.159. The van der Waals surface area contributed by atoms with Crippen LogP contribution in [-0.2, 0) is 9.53 Å². The summed E-state index contributed by atoms with van der Waals surface area (Å²) in [5.74, 6) is 1.67. The van der Waals surface area contributed by atoms with Crippen molar-refractivity contribution in [3.63, 3.8) is 0 Å². The molecule has 18 heavy (non-hydrogen) atoms. The number of nitrogens with two attached hydrogens (primary N) is 1. The van der Waals surface area contributed by atoms with Crippen molar-refractivity contribution < 1.29 is 9.53 Å². The summed E-state index contributed by atoms with van der Waals surface area (Å²) in [5, 5.41) is 0. The van der Waals surface area contributed by atoms with Gasteiger partial charge >= 0.3 is 0 Å². The Balaban J connectivity index is 1.95. The molecular formula is C14H26N2O2. The maximum absolute atomic E-state index is 12.6.